The first-order valence-corrected chi connectivity index (χ1v) is 1.72. The Morgan fingerprint density at radius 2 is 1.43 bits per heavy atom. The SMILES string of the molecule is [Ca+2].[H-].[H-].c1ccnnc1. The molecule has 0 aliphatic heterocycles. The molecular weight excluding hydrogens is 116 g/mol. The Hall–Kier alpha value is 0.340. The molecule has 0 spiro atoms. The maximum atomic E-state index is 3.53. The number of nitrogens with zero attached hydrogens (tertiary/aromatic N) is 2. The van der Waals surface area contributed by atoms with E-state index in [9.17, 15) is 0 Å². The third-order valence-corrected chi connectivity index (χ3v) is 0.483. The van der Waals surface area contributed by atoms with E-state index in [1.165, 1.54) is 0 Å². The largest absolute Gasteiger partial charge is 2.00 e. The van der Waals surface area contributed by atoms with Gasteiger partial charge in [-0.2, -0.15) is 10.2 Å². The first-order valence-electron chi connectivity index (χ1n) is 1.72. The molecule has 0 radical (unpaired) electrons. The van der Waals surface area contributed by atoms with Crippen molar-refractivity contribution >= 4 is 37.7 Å². The van der Waals surface area contributed by atoms with Crippen molar-refractivity contribution in [3.63, 3.8) is 0 Å². The van der Waals surface area contributed by atoms with Crippen LogP contribution in [0.5, 0.6) is 0 Å². The van der Waals surface area contributed by atoms with Crippen LogP contribution < -0.4 is 0 Å². The Labute approximate surface area is 74.9 Å². The van der Waals surface area contributed by atoms with E-state index < -0.39 is 0 Å². The minimum Gasteiger partial charge on any atom is -1.00 e. The van der Waals surface area contributed by atoms with Crippen LogP contribution in [0.1, 0.15) is 2.85 Å². The standard InChI is InChI=1S/C4H4N2.Ca.2H/c1-2-4-6-5-3-1;;;/h1-4H;;;/q;+2;2*-1. The number of aromatic nitrogens is 2. The molecule has 0 aliphatic rings. The van der Waals surface area contributed by atoms with E-state index in [2.05, 4.69) is 10.2 Å². The molecule has 1 heterocycles. The van der Waals surface area contributed by atoms with Gasteiger partial charge in [-0.1, -0.05) is 0 Å². The second-order valence-corrected chi connectivity index (χ2v) is 0.914. The zero-order valence-corrected chi connectivity index (χ0v) is 6.12. The van der Waals surface area contributed by atoms with Gasteiger partial charge in [-0.3, -0.25) is 0 Å². The minimum atomic E-state index is 0. The van der Waals surface area contributed by atoms with Crippen molar-refractivity contribution in [3.8, 4) is 0 Å². The topological polar surface area (TPSA) is 25.8 Å². The molecule has 1 aromatic heterocycles. The first kappa shape index (κ1) is 7.34. The van der Waals surface area contributed by atoms with E-state index in [0.717, 1.165) is 0 Å². The fourth-order valence-corrected chi connectivity index (χ4v) is 0.253. The molecule has 0 fully saturated rings. The quantitative estimate of drug-likeness (QED) is 0.463. The third kappa shape index (κ3) is 2.97. The number of hydrogen-bond donors (Lipinski definition) is 0. The van der Waals surface area contributed by atoms with E-state index in [1.807, 2.05) is 12.1 Å². The summed E-state index contributed by atoms with van der Waals surface area (Å²) in [5, 5.41) is 7.07. The van der Waals surface area contributed by atoms with E-state index in [-0.39, 0.29) is 40.6 Å². The van der Waals surface area contributed by atoms with Crippen LogP contribution >= 0.6 is 0 Å². The number of hydrogen-bond acceptors (Lipinski definition) is 2. The van der Waals surface area contributed by atoms with Gasteiger partial charge in [-0.15, -0.1) is 0 Å². The van der Waals surface area contributed by atoms with Crippen molar-refractivity contribution < 1.29 is 2.85 Å². The Kier molecular flexibility index (Phi) is 4.72. The summed E-state index contributed by atoms with van der Waals surface area (Å²) in [6, 6.07) is 3.65. The van der Waals surface area contributed by atoms with Crippen molar-refractivity contribution in [2.75, 3.05) is 0 Å². The molecule has 1 rings (SSSR count). The van der Waals surface area contributed by atoms with Gasteiger partial charge in [-0.05, 0) is 12.1 Å². The van der Waals surface area contributed by atoms with E-state index in [4.69, 9.17) is 0 Å². The van der Waals surface area contributed by atoms with E-state index in [0.29, 0.717) is 0 Å². The van der Waals surface area contributed by atoms with Gasteiger partial charge in [0.25, 0.3) is 0 Å². The van der Waals surface area contributed by atoms with Crippen LogP contribution in [0, 0.1) is 0 Å². The first-order chi connectivity index (χ1) is 3.00. The second kappa shape index (κ2) is 4.50. The van der Waals surface area contributed by atoms with Crippen molar-refractivity contribution in [2.24, 2.45) is 0 Å². The number of rotatable bonds is 0. The zero-order chi connectivity index (χ0) is 4.24. The van der Waals surface area contributed by atoms with Crippen LogP contribution in [-0.2, 0) is 0 Å². The van der Waals surface area contributed by atoms with Crippen LogP contribution in [0.25, 0.3) is 0 Å². The average molecular weight is 122 g/mol. The fourth-order valence-electron chi connectivity index (χ4n) is 0.253. The molecule has 3 heteroatoms. The predicted octanol–water partition coefficient (Wildman–Crippen LogP) is 0.321. The molecule has 0 N–H and O–H groups in total. The smallest absolute Gasteiger partial charge is 1.00 e. The molecule has 0 bridgehead atoms. The molecule has 0 aliphatic carbocycles. The summed E-state index contributed by atoms with van der Waals surface area (Å²) in [6.45, 7) is 0. The summed E-state index contributed by atoms with van der Waals surface area (Å²) < 4.78 is 0. The predicted molar refractivity (Wildman–Crippen MR) is 30.0 cm³/mol. The van der Waals surface area contributed by atoms with Crippen LogP contribution in [0.3, 0.4) is 0 Å². The molecule has 0 saturated carbocycles. The van der Waals surface area contributed by atoms with Crippen LogP contribution in [0.4, 0.5) is 0 Å². The summed E-state index contributed by atoms with van der Waals surface area (Å²) >= 11 is 0. The van der Waals surface area contributed by atoms with E-state index in [1.54, 1.807) is 12.4 Å². The molecule has 0 unspecified atom stereocenters. The normalized spacial score (nSPS) is 6.86. The van der Waals surface area contributed by atoms with Crippen molar-refractivity contribution in [2.45, 2.75) is 0 Å². The van der Waals surface area contributed by atoms with Gasteiger partial charge in [-0.25, -0.2) is 0 Å². The van der Waals surface area contributed by atoms with Gasteiger partial charge in [0.15, 0.2) is 0 Å². The maximum Gasteiger partial charge on any atom is 2.00 e. The van der Waals surface area contributed by atoms with Gasteiger partial charge in [0, 0.05) is 12.4 Å². The van der Waals surface area contributed by atoms with Gasteiger partial charge >= 0.3 is 37.7 Å². The van der Waals surface area contributed by atoms with Crippen LogP contribution in [-0.4, -0.2) is 47.9 Å². The van der Waals surface area contributed by atoms with Gasteiger partial charge in [0.1, 0.15) is 0 Å². The maximum absolute atomic E-state index is 3.53. The summed E-state index contributed by atoms with van der Waals surface area (Å²) in [4.78, 5) is 0. The Balaban J connectivity index is -0.000000120. The van der Waals surface area contributed by atoms with Crippen LogP contribution in [0.2, 0.25) is 0 Å². The Bertz CT molecular complexity index is 88.5. The van der Waals surface area contributed by atoms with Gasteiger partial charge in [0.2, 0.25) is 0 Å². The van der Waals surface area contributed by atoms with Gasteiger partial charge < -0.3 is 2.85 Å². The van der Waals surface area contributed by atoms with Crippen molar-refractivity contribution in [1.29, 1.82) is 0 Å². The molecule has 0 saturated heterocycles. The average Bonchev–Trinajstić information content (AvgIpc) is 1.72. The minimum absolute atomic E-state index is 0. The van der Waals surface area contributed by atoms with Crippen LogP contribution in [0.15, 0.2) is 24.5 Å². The van der Waals surface area contributed by atoms with Crippen molar-refractivity contribution in [1.82, 2.24) is 10.2 Å². The summed E-state index contributed by atoms with van der Waals surface area (Å²) in [5.74, 6) is 0. The molecule has 0 amide bonds. The summed E-state index contributed by atoms with van der Waals surface area (Å²) in [7, 11) is 0. The van der Waals surface area contributed by atoms with E-state index >= 15 is 0 Å². The molecule has 0 atom stereocenters. The molecular formula is C4H6CaN2. The molecule has 7 heavy (non-hydrogen) atoms. The molecule has 34 valence electrons. The fraction of sp³-hybridized carbons (Fsp3) is 0. The molecule has 0 aromatic carbocycles. The molecule has 1 aromatic rings. The second-order valence-electron chi connectivity index (χ2n) is 0.914. The molecule has 2 nitrogen and oxygen atoms in total. The van der Waals surface area contributed by atoms with Crippen molar-refractivity contribution in [3.05, 3.63) is 24.5 Å². The van der Waals surface area contributed by atoms with Gasteiger partial charge in [0.05, 0.1) is 0 Å². The Morgan fingerprint density at radius 3 is 1.57 bits per heavy atom. The monoisotopic (exact) mass is 122 g/mol. The zero-order valence-electron chi connectivity index (χ0n) is 5.91. The summed E-state index contributed by atoms with van der Waals surface area (Å²) in [6.07, 6.45) is 3.28. The summed E-state index contributed by atoms with van der Waals surface area (Å²) in [5.41, 5.74) is 0. The third-order valence-electron chi connectivity index (χ3n) is 0.483. The Morgan fingerprint density at radius 1 is 1.00 bits per heavy atom.